The zero-order chi connectivity index (χ0) is 18.1. The van der Waals surface area contributed by atoms with Gasteiger partial charge in [-0.1, -0.05) is 30.3 Å². The highest BCUT2D eigenvalue weighted by Crippen LogP contribution is 2.11. The van der Waals surface area contributed by atoms with Crippen molar-refractivity contribution in [2.24, 2.45) is 0 Å². The molecule has 2 rings (SSSR count). The van der Waals surface area contributed by atoms with Crippen molar-refractivity contribution in [1.82, 2.24) is 4.98 Å². The van der Waals surface area contributed by atoms with Crippen molar-refractivity contribution in [3.05, 3.63) is 59.8 Å². The molecular weight excluding hydrogens is 322 g/mol. The van der Waals surface area contributed by atoms with Crippen molar-refractivity contribution in [2.75, 3.05) is 7.11 Å². The third-order valence-corrected chi connectivity index (χ3v) is 3.52. The summed E-state index contributed by atoms with van der Waals surface area (Å²) in [7, 11) is 1.49. The Kier molecular flexibility index (Phi) is 6.83. The summed E-state index contributed by atoms with van der Waals surface area (Å²) in [5.41, 5.74) is 1.26. The normalized spacial score (nSPS) is 10.1. The molecule has 0 bridgehead atoms. The zero-order valence-electron chi connectivity index (χ0n) is 13.9. The van der Waals surface area contributed by atoms with E-state index in [9.17, 15) is 14.4 Å². The highest BCUT2D eigenvalue weighted by Gasteiger charge is 2.16. The van der Waals surface area contributed by atoms with Gasteiger partial charge in [-0.15, -0.1) is 0 Å². The Morgan fingerprint density at radius 1 is 1.00 bits per heavy atom. The molecule has 6 heteroatoms. The molecule has 25 heavy (non-hydrogen) atoms. The molecule has 1 heterocycles. The van der Waals surface area contributed by atoms with E-state index in [1.807, 2.05) is 18.2 Å². The lowest BCUT2D eigenvalue weighted by Gasteiger charge is -2.04. The van der Waals surface area contributed by atoms with Crippen LogP contribution in [0.2, 0.25) is 0 Å². The van der Waals surface area contributed by atoms with E-state index in [4.69, 9.17) is 9.47 Å². The topological polar surface area (TPSA) is 82.6 Å². The number of carbonyl (C=O) groups is 3. The minimum atomic E-state index is -0.873. The van der Waals surface area contributed by atoms with Crippen molar-refractivity contribution >= 4 is 17.5 Å². The smallest absolute Gasteiger partial charge is 0.374 e. The van der Waals surface area contributed by atoms with E-state index in [-0.39, 0.29) is 31.7 Å². The summed E-state index contributed by atoms with van der Waals surface area (Å²) in [5.74, 6) is -1.22. The molecule has 2 aromatic rings. The minimum absolute atomic E-state index is 0.0249. The Morgan fingerprint density at radius 3 is 2.40 bits per heavy atom. The highest BCUT2D eigenvalue weighted by atomic mass is 16.5. The van der Waals surface area contributed by atoms with Crippen LogP contribution in [-0.2, 0) is 20.9 Å². The number of benzene rings is 1. The lowest BCUT2D eigenvalue weighted by Crippen LogP contribution is -2.17. The fraction of sp³-hybridized carbons (Fsp3) is 0.263. The summed E-state index contributed by atoms with van der Waals surface area (Å²) in [5, 5.41) is 0. The maximum absolute atomic E-state index is 12.0. The molecule has 0 saturated heterocycles. The van der Waals surface area contributed by atoms with Crippen LogP contribution >= 0.6 is 0 Å². The van der Waals surface area contributed by atoms with Gasteiger partial charge in [-0.3, -0.25) is 9.59 Å². The summed E-state index contributed by atoms with van der Waals surface area (Å²) < 4.78 is 9.88. The van der Waals surface area contributed by atoms with E-state index >= 15 is 0 Å². The Hall–Kier alpha value is -3.02. The fourth-order valence-electron chi connectivity index (χ4n) is 2.13. The van der Waals surface area contributed by atoms with Gasteiger partial charge < -0.3 is 9.47 Å². The first-order valence-corrected chi connectivity index (χ1v) is 7.87. The Bertz CT molecular complexity index is 725. The number of Topliss-reactive ketones (excluding diaryl/α,β-unsaturated/α-hetero) is 2. The molecule has 0 aliphatic carbocycles. The SMILES string of the molecule is COc1ccc(C(=O)CCCC(=O)C(=O)OCc2ccccc2)cn1. The number of carbonyl (C=O) groups excluding carboxylic acids is 3. The predicted molar refractivity (Wildman–Crippen MR) is 90.2 cm³/mol. The first kappa shape index (κ1) is 18.3. The third-order valence-electron chi connectivity index (χ3n) is 3.52. The second-order valence-electron chi connectivity index (χ2n) is 5.35. The summed E-state index contributed by atoms with van der Waals surface area (Å²) in [6.07, 6.45) is 1.84. The molecule has 0 saturated carbocycles. The van der Waals surface area contributed by atoms with Crippen LogP contribution in [0.3, 0.4) is 0 Å². The number of hydrogen-bond acceptors (Lipinski definition) is 6. The van der Waals surface area contributed by atoms with Crippen LogP contribution in [0.5, 0.6) is 5.88 Å². The van der Waals surface area contributed by atoms with Gasteiger partial charge in [-0.05, 0) is 18.1 Å². The first-order valence-electron chi connectivity index (χ1n) is 7.87. The van der Waals surface area contributed by atoms with E-state index in [0.29, 0.717) is 11.4 Å². The largest absolute Gasteiger partial charge is 0.481 e. The summed E-state index contributed by atoms with van der Waals surface area (Å²) >= 11 is 0. The van der Waals surface area contributed by atoms with Crippen LogP contribution in [-0.4, -0.2) is 29.6 Å². The molecular formula is C19H19NO5. The molecule has 0 N–H and O–H groups in total. The average molecular weight is 341 g/mol. The van der Waals surface area contributed by atoms with Gasteiger partial charge in [0.05, 0.1) is 7.11 Å². The molecule has 0 spiro atoms. The Balaban J connectivity index is 1.71. The number of ether oxygens (including phenoxy) is 2. The molecule has 1 aromatic heterocycles. The van der Waals surface area contributed by atoms with E-state index in [1.165, 1.54) is 13.3 Å². The van der Waals surface area contributed by atoms with Gasteiger partial charge in [0.2, 0.25) is 11.7 Å². The second-order valence-corrected chi connectivity index (χ2v) is 5.35. The lowest BCUT2D eigenvalue weighted by atomic mass is 10.1. The molecule has 6 nitrogen and oxygen atoms in total. The average Bonchev–Trinajstić information content (AvgIpc) is 2.66. The van der Waals surface area contributed by atoms with Gasteiger partial charge in [-0.2, -0.15) is 0 Å². The van der Waals surface area contributed by atoms with Gasteiger partial charge in [0.25, 0.3) is 0 Å². The standard InChI is InChI=1S/C19H19NO5/c1-24-18-11-10-15(12-20-18)16(21)8-5-9-17(22)19(23)25-13-14-6-3-2-4-7-14/h2-4,6-7,10-12H,5,8-9,13H2,1H3. The monoisotopic (exact) mass is 341 g/mol. The number of ketones is 2. The lowest BCUT2D eigenvalue weighted by molar-refractivity contribution is -0.154. The maximum atomic E-state index is 12.0. The molecule has 0 unspecified atom stereocenters. The molecule has 1 aromatic carbocycles. The Morgan fingerprint density at radius 2 is 1.76 bits per heavy atom. The van der Waals surface area contributed by atoms with Crippen LogP contribution in [0.4, 0.5) is 0 Å². The third kappa shape index (κ3) is 5.84. The molecule has 0 amide bonds. The summed E-state index contributed by atoms with van der Waals surface area (Å²) in [6.45, 7) is 0.0574. The molecule has 130 valence electrons. The highest BCUT2D eigenvalue weighted by molar-refractivity contribution is 6.33. The molecule has 0 atom stereocenters. The second kappa shape index (κ2) is 9.32. The van der Waals surface area contributed by atoms with Crippen molar-refractivity contribution in [1.29, 1.82) is 0 Å². The fourth-order valence-corrected chi connectivity index (χ4v) is 2.13. The number of nitrogens with zero attached hydrogens (tertiary/aromatic N) is 1. The van der Waals surface area contributed by atoms with Gasteiger partial charge >= 0.3 is 5.97 Å². The molecule has 0 fully saturated rings. The summed E-state index contributed by atoms with van der Waals surface area (Å²) in [4.78, 5) is 39.4. The van der Waals surface area contributed by atoms with Crippen LogP contribution in [0, 0.1) is 0 Å². The van der Waals surface area contributed by atoms with Crippen LogP contribution in [0.1, 0.15) is 35.2 Å². The van der Waals surface area contributed by atoms with Gasteiger partial charge in [-0.25, -0.2) is 9.78 Å². The van der Waals surface area contributed by atoms with Crippen LogP contribution in [0.25, 0.3) is 0 Å². The molecule has 0 aliphatic rings. The number of methoxy groups -OCH3 is 1. The predicted octanol–water partition coefficient (Wildman–Crippen LogP) is 2.76. The zero-order valence-corrected chi connectivity index (χ0v) is 13.9. The van der Waals surface area contributed by atoms with Gasteiger partial charge in [0, 0.05) is 30.7 Å². The minimum Gasteiger partial charge on any atom is -0.481 e. The quantitative estimate of drug-likeness (QED) is 0.396. The number of aromatic nitrogens is 1. The first-order chi connectivity index (χ1) is 12.1. The van der Waals surface area contributed by atoms with E-state index in [1.54, 1.807) is 24.3 Å². The van der Waals surface area contributed by atoms with Gasteiger partial charge in [0.1, 0.15) is 6.61 Å². The number of hydrogen-bond donors (Lipinski definition) is 0. The number of rotatable bonds is 9. The van der Waals surface area contributed by atoms with Gasteiger partial charge in [0.15, 0.2) is 5.78 Å². The maximum Gasteiger partial charge on any atom is 0.374 e. The molecule has 0 radical (unpaired) electrons. The van der Waals surface area contributed by atoms with Crippen molar-refractivity contribution in [2.45, 2.75) is 25.9 Å². The Labute approximate surface area is 145 Å². The van der Waals surface area contributed by atoms with E-state index in [2.05, 4.69) is 4.98 Å². The van der Waals surface area contributed by atoms with Crippen molar-refractivity contribution in [3.8, 4) is 5.88 Å². The van der Waals surface area contributed by atoms with E-state index in [0.717, 1.165) is 5.56 Å². The molecule has 0 aliphatic heterocycles. The van der Waals surface area contributed by atoms with Crippen molar-refractivity contribution < 1.29 is 23.9 Å². The number of esters is 1. The van der Waals surface area contributed by atoms with Crippen molar-refractivity contribution in [3.63, 3.8) is 0 Å². The van der Waals surface area contributed by atoms with Crippen LogP contribution in [0.15, 0.2) is 48.7 Å². The van der Waals surface area contributed by atoms with E-state index < -0.39 is 11.8 Å². The van der Waals surface area contributed by atoms with Crippen LogP contribution < -0.4 is 4.74 Å². The number of pyridine rings is 1. The summed E-state index contributed by atoms with van der Waals surface area (Å²) in [6, 6.07) is 12.3.